The highest BCUT2D eigenvalue weighted by Gasteiger charge is 2.27. The Labute approximate surface area is 187 Å². The zero-order valence-corrected chi connectivity index (χ0v) is 18.9. The largest absolute Gasteiger partial charge is 0.493 e. The fourth-order valence-corrected chi connectivity index (χ4v) is 4.45. The minimum absolute atomic E-state index is 0.103. The van der Waals surface area contributed by atoms with Crippen molar-refractivity contribution in [3.8, 4) is 11.5 Å². The molecule has 2 aromatic carbocycles. The molecule has 1 atom stereocenters. The van der Waals surface area contributed by atoms with Gasteiger partial charge in [0.1, 0.15) is 5.76 Å². The number of amides is 1. The van der Waals surface area contributed by atoms with Crippen LogP contribution in [0.1, 0.15) is 29.3 Å². The van der Waals surface area contributed by atoms with Gasteiger partial charge in [0.05, 0.1) is 38.0 Å². The molecule has 0 aliphatic rings. The zero-order valence-electron chi connectivity index (χ0n) is 18.1. The van der Waals surface area contributed by atoms with Crippen LogP contribution in [0, 0.1) is 6.92 Å². The minimum Gasteiger partial charge on any atom is -0.493 e. The van der Waals surface area contributed by atoms with Crippen molar-refractivity contribution in [1.82, 2.24) is 10.0 Å². The molecule has 1 amide bonds. The lowest BCUT2D eigenvalue weighted by Gasteiger charge is -2.22. The van der Waals surface area contributed by atoms with E-state index in [2.05, 4.69) is 10.0 Å². The first-order valence-electron chi connectivity index (χ1n) is 9.93. The van der Waals surface area contributed by atoms with Gasteiger partial charge >= 0.3 is 0 Å². The van der Waals surface area contributed by atoms with Crippen molar-refractivity contribution in [3.63, 3.8) is 0 Å². The Hall–Kier alpha value is -3.30. The molecule has 0 aliphatic heterocycles. The summed E-state index contributed by atoms with van der Waals surface area (Å²) in [5.41, 5.74) is 1.42. The van der Waals surface area contributed by atoms with E-state index >= 15 is 0 Å². The maximum absolute atomic E-state index is 13.1. The Balaban J connectivity index is 1.90. The van der Waals surface area contributed by atoms with Crippen LogP contribution in [0.3, 0.4) is 0 Å². The summed E-state index contributed by atoms with van der Waals surface area (Å²) in [6, 6.07) is 14.1. The van der Waals surface area contributed by atoms with Crippen molar-refractivity contribution in [1.29, 1.82) is 0 Å². The maximum atomic E-state index is 13.1. The molecule has 0 saturated heterocycles. The lowest BCUT2D eigenvalue weighted by atomic mass is 10.0. The number of aryl methyl sites for hydroxylation is 1. The van der Waals surface area contributed by atoms with Gasteiger partial charge in [-0.2, -0.15) is 0 Å². The fraction of sp³-hybridized carbons (Fsp3) is 0.261. The van der Waals surface area contributed by atoms with E-state index in [1.165, 1.54) is 32.6 Å². The number of carbonyl (C=O) groups excluding carboxylic acids is 1. The molecule has 2 N–H and O–H groups in total. The van der Waals surface area contributed by atoms with Crippen LogP contribution in [-0.2, 0) is 21.4 Å². The van der Waals surface area contributed by atoms with E-state index in [0.717, 1.165) is 5.56 Å². The number of furan rings is 1. The highest BCUT2D eigenvalue weighted by Crippen LogP contribution is 2.36. The lowest BCUT2D eigenvalue weighted by molar-refractivity contribution is -0.121. The highest BCUT2D eigenvalue weighted by molar-refractivity contribution is 7.89. The number of hydrogen-bond donors (Lipinski definition) is 2. The predicted molar refractivity (Wildman–Crippen MR) is 119 cm³/mol. The molecule has 32 heavy (non-hydrogen) atoms. The third-order valence-electron chi connectivity index (χ3n) is 4.87. The number of nitrogens with one attached hydrogen (secondary N) is 2. The number of methoxy groups -OCH3 is 2. The molecule has 9 heteroatoms. The predicted octanol–water partition coefficient (Wildman–Crippen LogP) is 3.33. The molecule has 1 heterocycles. The first kappa shape index (κ1) is 23.4. The molecule has 0 fully saturated rings. The standard InChI is InChI=1S/C23H26N2O6S/c1-16-9-11-18(12-10-16)32(27,28)25-20(14-22(26)24-15-17-6-5-13-31-17)19-7-4-8-21(29-2)23(19)30-3/h4-13,20,25H,14-15H2,1-3H3,(H,24,26)/t20-/m0/s1. The Morgan fingerprint density at radius 1 is 1.03 bits per heavy atom. The van der Waals surface area contributed by atoms with Crippen molar-refractivity contribution in [2.24, 2.45) is 0 Å². The molecule has 8 nitrogen and oxygen atoms in total. The summed E-state index contributed by atoms with van der Waals surface area (Å²) >= 11 is 0. The smallest absolute Gasteiger partial charge is 0.241 e. The van der Waals surface area contributed by atoms with E-state index in [4.69, 9.17) is 13.9 Å². The molecule has 0 radical (unpaired) electrons. The summed E-state index contributed by atoms with van der Waals surface area (Å²) < 4.78 is 44.8. The maximum Gasteiger partial charge on any atom is 0.241 e. The van der Waals surface area contributed by atoms with E-state index in [1.54, 1.807) is 42.5 Å². The summed E-state index contributed by atoms with van der Waals surface area (Å²) in [6.45, 7) is 2.07. The van der Waals surface area contributed by atoms with Gasteiger partial charge in [0.25, 0.3) is 0 Å². The van der Waals surface area contributed by atoms with Crippen LogP contribution in [-0.4, -0.2) is 28.5 Å². The number of benzene rings is 2. The topological polar surface area (TPSA) is 107 Å². The Morgan fingerprint density at radius 3 is 2.41 bits per heavy atom. The van der Waals surface area contributed by atoms with Crippen molar-refractivity contribution < 1.29 is 27.1 Å². The van der Waals surface area contributed by atoms with Crippen LogP contribution in [0.4, 0.5) is 0 Å². The average molecular weight is 459 g/mol. The third kappa shape index (κ3) is 5.68. The normalized spacial score (nSPS) is 12.2. The van der Waals surface area contributed by atoms with Gasteiger partial charge in [0.2, 0.25) is 15.9 Å². The van der Waals surface area contributed by atoms with E-state index in [0.29, 0.717) is 22.8 Å². The van der Waals surface area contributed by atoms with Crippen molar-refractivity contribution in [2.75, 3.05) is 14.2 Å². The van der Waals surface area contributed by atoms with E-state index in [9.17, 15) is 13.2 Å². The number of hydrogen-bond acceptors (Lipinski definition) is 6. The van der Waals surface area contributed by atoms with Crippen molar-refractivity contribution >= 4 is 15.9 Å². The molecule has 1 aromatic heterocycles. The summed E-state index contributed by atoms with van der Waals surface area (Å²) in [6.07, 6.45) is 1.36. The molecule has 170 valence electrons. The van der Waals surface area contributed by atoms with Crippen molar-refractivity contribution in [3.05, 3.63) is 77.7 Å². The summed E-state index contributed by atoms with van der Waals surface area (Å²) in [4.78, 5) is 12.8. The van der Waals surface area contributed by atoms with E-state index in [1.807, 2.05) is 6.92 Å². The van der Waals surface area contributed by atoms with Gasteiger partial charge in [0.15, 0.2) is 11.5 Å². The number of ether oxygens (including phenoxy) is 2. The fourth-order valence-electron chi connectivity index (χ4n) is 3.23. The second-order valence-corrected chi connectivity index (χ2v) is 8.84. The van der Waals surface area contributed by atoms with Gasteiger partial charge in [-0.3, -0.25) is 4.79 Å². The number of para-hydroxylation sites is 1. The molecule has 3 rings (SSSR count). The molecule has 3 aromatic rings. The minimum atomic E-state index is -3.92. The third-order valence-corrected chi connectivity index (χ3v) is 6.35. The first-order valence-corrected chi connectivity index (χ1v) is 11.4. The molecular weight excluding hydrogens is 432 g/mol. The van der Waals surface area contributed by atoms with Crippen LogP contribution in [0.2, 0.25) is 0 Å². The van der Waals surface area contributed by atoms with E-state index < -0.39 is 16.1 Å². The van der Waals surface area contributed by atoms with Gasteiger partial charge in [-0.15, -0.1) is 0 Å². The van der Waals surface area contributed by atoms with Crippen molar-refractivity contribution in [2.45, 2.75) is 30.8 Å². The number of carbonyl (C=O) groups is 1. The van der Waals surface area contributed by atoms with Crippen LogP contribution >= 0.6 is 0 Å². The Kier molecular flexibility index (Phi) is 7.55. The van der Waals surface area contributed by atoms with E-state index in [-0.39, 0.29) is 23.8 Å². The molecule has 0 spiro atoms. The van der Waals surface area contributed by atoms with Gasteiger partial charge in [0, 0.05) is 12.0 Å². The average Bonchev–Trinajstić information content (AvgIpc) is 3.30. The second-order valence-electron chi connectivity index (χ2n) is 7.13. The lowest BCUT2D eigenvalue weighted by Crippen LogP contribution is -2.34. The summed E-state index contributed by atoms with van der Waals surface area (Å²) in [5, 5.41) is 2.74. The summed E-state index contributed by atoms with van der Waals surface area (Å²) in [7, 11) is -0.966. The quantitative estimate of drug-likeness (QED) is 0.483. The molecular formula is C23H26N2O6S. The van der Waals surface area contributed by atoms with Gasteiger partial charge in [-0.25, -0.2) is 13.1 Å². The first-order chi connectivity index (χ1) is 15.3. The van der Waals surface area contributed by atoms with Gasteiger partial charge < -0.3 is 19.2 Å². The monoisotopic (exact) mass is 458 g/mol. The van der Waals surface area contributed by atoms with Gasteiger partial charge in [-0.1, -0.05) is 29.8 Å². The Morgan fingerprint density at radius 2 is 1.78 bits per heavy atom. The van der Waals surface area contributed by atoms with Crippen LogP contribution in [0.15, 0.2) is 70.2 Å². The van der Waals surface area contributed by atoms with Crippen LogP contribution in [0.5, 0.6) is 11.5 Å². The second kappa shape index (κ2) is 10.3. The molecule has 0 bridgehead atoms. The van der Waals surface area contributed by atoms with Crippen LogP contribution in [0.25, 0.3) is 0 Å². The molecule has 0 saturated carbocycles. The summed E-state index contributed by atoms with van der Waals surface area (Å²) in [5.74, 6) is 1.02. The highest BCUT2D eigenvalue weighted by atomic mass is 32.2. The molecule has 0 unspecified atom stereocenters. The zero-order chi connectivity index (χ0) is 23.1. The van der Waals surface area contributed by atoms with Crippen LogP contribution < -0.4 is 19.5 Å². The SMILES string of the molecule is COc1cccc([C@H](CC(=O)NCc2ccco2)NS(=O)(=O)c2ccc(C)cc2)c1OC. The number of rotatable bonds is 10. The van der Waals surface area contributed by atoms with Gasteiger partial charge in [-0.05, 0) is 37.3 Å². The Bertz CT molecular complexity index is 1140. The number of sulfonamides is 1. The molecule has 0 aliphatic carbocycles.